The third kappa shape index (κ3) is 10.2. The average molecular weight is 1000 g/mol. The number of aliphatic hydroxyl groups is 1. The predicted octanol–water partition coefficient (Wildman–Crippen LogP) is 8.61. The Morgan fingerprint density at radius 3 is 1.67 bits per heavy atom. The third-order valence-corrected chi connectivity index (χ3v) is 15.7. The van der Waals surface area contributed by atoms with Crippen LogP contribution >= 0.6 is 0 Å². The van der Waals surface area contributed by atoms with E-state index in [2.05, 4.69) is 0 Å². The number of carbonyl (C=O) groups excluding carboxylic acids is 6. The first-order valence-electron chi connectivity index (χ1n) is 24.6. The summed E-state index contributed by atoms with van der Waals surface area (Å²) in [7, 11) is 0. The molecule has 13 nitrogen and oxygen atoms in total. The number of hydrogen-bond acceptors (Lipinski definition) is 13. The number of esters is 4. The van der Waals surface area contributed by atoms with Crippen LogP contribution in [0.4, 0.5) is 8.78 Å². The maximum absolute atomic E-state index is 17.5. The van der Waals surface area contributed by atoms with Crippen LogP contribution in [0.5, 0.6) is 0 Å². The summed E-state index contributed by atoms with van der Waals surface area (Å²) in [5.74, 6) is -7.87. The minimum absolute atomic E-state index is 0.0104. The summed E-state index contributed by atoms with van der Waals surface area (Å²) in [5, 5.41) is 11.7. The smallest absolute Gasteiger partial charge is 0.338 e. The van der Waals surface area contributed by atoms with Crippen LogP contribution in [0.2, 0.25) is 0 Å². The Labute approximate surface area is 421 Å². The van der Waals surface area contributed by atoms with E-state index in [-0.39, 0.29) is 47.1 Å². The normalized spacial score (nSPS) is 31.2. The molecule has 15 heteroatoms. The molecule has 0 spiro atoms. The Morgan fingerprint density at radius 1 is 0.671 bits per heavy atom. The van der Waals surface area contributed by atoms with Crippen LogP contribution in [0.25, 0.3) is 0 Å². The number of aliphatic hydroxyl groups excluding tert-OH is 1. The molecule has 4 aliphatic carbocycles. The Bertz CT molecular complexity index is 2830. The highest BCUT2D eigenvalue weighted by molar-refractivity contribution is 6.01. The number of ketones is 2. The molecule has 4 aromatic carbocycles. The maximum Gasteiger partial charge on any atom is 0.338 e. The van der Waals surface area contributed by atoms with Gasteiger partial charge >= 0.3 is 23.9 Å². The van der Waals surface area contributed by atoms with Crippen molar-refractivity contribution in [2.75, 3.05) is 13.2 Å². The monoisotopic (exact) mass is 1000 g/mol. The SMILES string of the molecule is Cc1ccc(C(=O)OC[C@H]2O[C@@H](OCC(=O)C3CCC4C5C[C@H](F)C6=CC(=O)C=C[C@@H]6[C@@]5(F)[C@@H](O)C[C@]34C)[C@H](OC(=O)c3ccc(C)cc3)[C@@H](OC(=O)c3ccc(C)cc3)[C@@H]2OC(=O)c2ccc(C)cc2)cc1. The number of allylic oxidation sites excluding steroid dienone is 4. The van der Waals surface area contributed by atoms with Crippen molar-refractivity contribution in [3.63, 3.8) is 0 Å². The summed E-state index contributed by atoms with van der Waals surface area (Å²) in [6, 6.07) is 25.9. The van der Waals surface area contributed by atoms with Crippen molar-refractivity contribution >= 4 is 35.4 Å². The van der Waals surface area contributed by atoms with Gasteiger partial charge in [-0.1, -0.05) is 83.8 Å². The van der Waals surface area contributed by atoms with E-state index >= 15 is 8.78 Å². The summed E-state index contributed by atoms with van der Waals surface area (Å²) in [5.41, 5.74) is 0.626. The highest BCUT2D eigenvalue weighted by Crippen LogP contribution is 2.66. The molecule has 13 atom stereocenters. The molecule has 4 fully saturated rings. The van der Waals surface area contributed by atoms with E-state index in [1.807, 2.05) is 27.7 Å². The first kappa shape index (κ1) is 51.2. The number of halogens is 2. The molecule has 5 aliphatic rings. The second-order valence-electron chi connectivity index (χ2n) is 20.5. The summed E-state index contributed by atoms with van der Waals surface area (Å²) >= 11 is 0. The Hall–Kier alpha value is -6.68. The lowest BCUT2D eigenvalue weighted by Gasteiger charge is -2.58. The number of benzene rings is 4. The fourth-order valence-electron chi connectivity index (χ4n) is 11.7. The molecule has 3 unspecified atom stereocenters. The minimum Gasteiger partial charge on any atom is -0.459 e. The predicted molar refractivity (Wildman–Crippen MR) is 260 cm³/mol. The van der Waals surface area contributed by atoms with Crippen molar-refractivity contribution in [1.82, 2.24) is 0 Å². The van der Waals surface area contributed by atoms with Crippen LogP contribution in [0.3, 0.4) is 0 Å². The molecule has 382 valence electrons. The van der Waals surface area contributed by atoms with Crippen molar-refractivity contribution in [2.24, 2.45) is 29.1 Å². The zero-order chi connectivity index (χ0) is 51.9. The van der Waals surface area contributed by atoms with Gasteiger partial charge in [-0.25, -0.2) is 28.0 Å². The van der Waals surface area contributed by atoms with Crippen molar-refractivity contribution in [2.45, 2.75) is 109 Å². The van der Waals surface area contributed by atoms with Crippen LogP contribution in [0.15, 0.2) is 121 Å². The van der Waals surface area contributed by atoms with Crippen LogP contribution in [-0.2, 0) is 38.0 Å². The second kappa shape index (κ2) is 20.7. The highest BCUT2D eigenvalue weighted by Gasteiger charge is 2.69. The zero-order valence-electron chi connectivity index (χ0n) is 41.2. The lowest BCUT2D eigenvalue weighted by molar-refractivity contribution is -0.297. The molecule has 3 saturated carbocycles. The van der Waals surface area contributed by atoms with Crippen LogP contribution in [0, 0.1) is 56.8 Å². The number of rotatable bonds is 13. The fraction of sp³-hybridized carbons (Fsp3) is 0.414. The molecule has 73 heavy (non-hydrogen) atoms. The van der Waals surface area contributed by atoms with E-state index < -0.39 is 126 Å². The Morgan fingerprint density at radius 2 is 1.15 bits per heavy atom. The van der Waals surface area contributed by atoms with Gasteiger partial charge in [-0.05, 0) is 131 Å². The summed E-state index contributed by atoms with van der Waals surface area (Å²) in [4.78, 5) is 83.1. The van der Waals surface area contributed by atoms with E-state index in [1.54, 1.807) is 67.6 Å². The third-order valence-electron chi connectivity index (χ3n) is 15.7. The molecule has 0 amide bonds. The van der Waals surface area contributed by atoms with Crippen LogP contribution in [0.1, 0.15) is 96.3 Å². The van der Waals surface area contributed by atoms with Crippen molar-refractivity contribution in [1.29, 1.82) is 0 Å². The molecule has 0 aromatic heterocycles. The quantitative estimate of drug-likeness (QED) is 0.0996. The Balaban J connectivity index is 1.06. The van der Waals surface area contributed by atoms with Crippen LogP contribution in [-0.4, -0.2) is 102 Å². The van der Waals surface area contributed by atoms with Gasteiger partial charge in [-0.15, -0.1) is 0 Å². The lowest BCUT2D eigenvalue weighted by Crippen LogP contribution is -2.64. The number of carbonyl (C=O) groups is 6. The highest BCUT2D eigenvalue weighted by atomic mass is 19.1. The zero-order valence-corrected chi connectivity index (χ0v) is 41.2. The van der Waals surface area contributed by atoms with Gasteiger partial charge in [0, 0.05) is 17.8 Å². The molecular weight excluding hydrogens is 943 g/mol. The number of hydrogen-bond donors (Lipinski definition) is 1. The largest absolute Gasteiger partial charge is 0.459 e. The number of alkyl halides is 2. The maximum atomic E-state index is 17.5. The van der Waals surface area contributed by atoms with Crippen molar-refractivity contribution < 1.29 is 71.1 Å². The summed E-state index contributed by atoms with van der Waals surface area (Å²) in [6.07, 6.45) is -7.78. The number of ether oxygens (including phenoxy) is 6. The molecule has 1 saturated heterocycles. The minimum atomic E-state index is -2.28. The fourth-order valence-corrected chi connectivity index (χ4v) is 11.7. The molecule has 0 radical (unpaired) electrons. The lowest BCUT2D eigenvalue weighted by atomic mass is 9.49. The van der Waals surface area contributed by atoms with Gasteiger partial charge in [-0.2, -0.15) is 0 Å². The van der Waals surface area contributed by atoms with E-state index in [4.69, 9.17) is 28.4 Å². The molecule has 1 aliphatic heterocycles. The van der Waals surface area contributed by atoms with E-state index in [0.29, 0.717) is 6.42 Å². The van der Waals surface area contributed by atoms with Gasteiger partial charge < -0.3 is 33.5 Å². The first-order chi connectivity index (χ1) is 34.8. The van der Waals surface area contributed by atoms with Gasteiger partial charge in [-0.3, -0.25) is 9.59 Å². The molecule has 0 bridgehead atoms. The molecule has 1 N–H and O–H groups in total. The molecular formula is C58H58F2O13. The van der Waals surface area contributed by atoms with Crippen molar-refractivity contribution in [3.8, 4) is 0 Å². The number of fused-ring (bicyclic) bond motifs is 5. The van der Waals surface area contributed by atoms with E-state index in [0.717, 1.165) is 28.3 Å². The topological polar surface area (TPSA) is 178 Å². The van der Waals surface area contributed by atoms with Gasteiger partial charge in [0.05, 0.1) is 28.4 Å². The molecule has 1 heterocycles. The summed E-state index contributed by atoms with van der Waals surface area (Å²) in [6.45, 7) is 7.82. The van der Waals surface area contributed by atoms with Gasteiger partial charge in [0.25, 0.3) is 0 Å². The van der Waals surface area contributed by atoms with Gasteiger partial charge in [0.15, 0.2) is 36.2 Å². The molecule has 9 rings (SSSR count). The number of Topliss-reactive ketones (excluding diaryl/α,β-unsaturated/α-hetero) is 1. The van der Waals surface area contributed by atoms with Gasteiger partial charge in [0.1, 0.15) is 31.2 Å². The second-order valence-corrected chi connectivity index (χ2v) is 20.5. The van der Waals surface area contributed by atoms with E-state index in [9.17, 15) is 33.9 Å². The summed E-state index contributed by atoms with van der Waals surface area (Å²) < 4.78 is 70.7. The first-order valence-corrected chi connectivity index (χ1v) is 24.6. The number of aryl methyl sites for hydroxylation is 4. The average Bonchev–Trinajstić information content (AvgIpc) is 3.71. The Kier molecular flexibility index (Phi) is 14.5. The standard InChI is InChI=1S/C58H58F2O13/c1-31-6-14-35(15-7-31)52(64)68-30-47-49(71-53(65)36-16-8-32(2)9-17-36)50(72-54(66)37-18-10-33(3)11-19-37)51(73-55(67)38-20-12-34(4)13-21-38)56(70-47)69-29-46(62)43-25-24-42-44-27-45(59)40-26-39(61)22-23-41(40)58(44,60)48(63)28-57(42,43)5/h6-23,26,41-45,47-51,56,63H,24-25,27-30H2,1-5H3/t41-,42?,43?,44?,45-,47+,48-,49+,50-,51+,56+,57-,58-/m0/s1. The molecule has 4 aromatic rings. The van der Waals surface area contributed by atoms with E-state index in [1.165, 1.54) is 48.6 Å². The van der Waals surface area contributed by atoms with Crippen LogP contribution < -0.4 is 0 Å². The van der Waals surface area contributed by atoms with Crippen molar-refractivity contribution in [3.05, 3.63) is 165 Å². The van der Waals surface area contributed by atoms with Gasteiger partial charge in [0.2, 0.25) is 0 Å².